The van der Waals surface area contributed by atoms with Crippen molar-refractivity contribution in [3.8, 4) is 11.5 Å². The molecule has 2 heterocycles. The van der Waals surface area contributed by atoms with E-state index in [4.69, 9.17) is 14.6 Å². The van der Waals surface area contributed by atoms with Gasteiger partial charge >= 0.3 is 0 Å². The van der Waals surface area contributed by atoms with E-state index in [1.165, 1.54) is 12.1 Å². The normalized spacial score (nSPS) is 11.9. The van der Waals surface area contributed by atoms with E-state index in [9.17, 15) is 8.42 Å². The largest absolute Gasteiger partial charge is 0.493 e. The summed E-state index contributed by atoms with van der Waals surface area (Å²) in [4.78, 5) is 9.21. The first kappa shape index (κ1) is 19.2. The molecule has 9 heteroatoms. The summed E-state index contributed by atoms with van der Waals surface area (Å²) in [6.45, 7) is 2.44. The summed E-state index contributed by atoms with van der Waals surface area (Å²) < 4.78 is 35.9. The lowest BCUT2D eigenvalue weighted by molar-refractivity contribution is 0.356. The molecule has 0 aliphatic rings. The minimum atomic E-state index is -3.72. The first-order valence-corrected chi connectivity index (χ1v) is 10.4. The molecule has 0 radical (unpaired) electrons. The molecule has 29 heavy (non-hydrogen) atoms. The number of rotatable bonds is 5. The predicted molar refractivity (Wildman–Crippen MR) is 110 cm³/mol. The van der Waals surface area contributed by atoms with Crippen LogP contribution in [0.2, 0.25) is 0 Å². The zero-order valence-electron chi connectivity index (χ0n) is 16.2. The highest BCUT2D eigenvalue weighted by Gasteiger charge is 2.16. The number of ether oxygens (including phenoxy) is 2. The SMILES string of the molecule is COc1cc2ncc3nc(C)n(Cc4ccc(S(N)(=O)=O)cc4)c3c2cc1OC. The summed E-state index contributed by atoms with van der Waals surface area (Å²) in [6.07, 6.45) is 1.73. The second-order valence-electron chi connectivity index (χ2n) is 6.65. The van der Waals surface area contributed by atoms with Crippen molar-refractivity contribution >= 4 is 32.0 Å². The van der Waals surface area contributed by atoms with Crippen LogP contribution < -0.4 is 14.6 Å². The molecular weight excluding hydrogens is 392 g/mol. The average Bonchev–Trinajstić information content (AvgIpc) is 3.02. The van der Waals surface area contributed by atoms with Crippen molar-refractivity contribution in [3.05, 3.63) is 54.0 Å². The molecule has 0 bridgehead atoms. The summed E-state index contributed by atoms with van der Waals surface area (Å²) in [5.41, 5.74) is 3.37. The molecule has 0 aliphatic heterocycles. The number of nitrogens with two attached hydrogens (primary N) is 1. The van der Waals surface area contributed by atoms with Gasteiger partial charge in [-0.15, -0.1) is 0 Å². The van der Waals surface area contributed by atoms with Crippen LogP contribution in [0.1, 0.15) is 11.4 Å². The second-order valence-corrected chi connectivity index (χ2v) is 8.21. The van der Waals surface area contributed by atoms with Crippen molar-refractivity contribution in [1.29, 1.82) is 0 Å². The van der Waals surface area contributed by atoms with Crippen molar-refractivity contribution in [1.82, 2.24) is 14.5 Å². The van der Waals surface area contributed by atoms with E-state index in [-0.39, 0.29) is 4.90 Å². The number of methoxy groups -OCH3 is 2. The van der Waals surface area contributed by atoms with Gasteiger partial charge in [-0.3, -0.25) is 4.98 Å². The molecule has 8 nitrogen and oxygen atoms in total. The standard InChI is InChI=1S/C20H20N4O4S/c1-12-23-17-10-22-16-9-19(28-3)18(27-2)8-15(16)20(17)24(12)11-13-4-6-14(7-5-13)29(21,25)26/h4-10H,11H2,1-3H3,(H2,21,25,26). The lowest BCUT2D eigenvalue weighted by atomic mass is 10.1. The number of benzene rings is 2. The van der Waals surface area contributed by atoms with Gasteiger partial charge in [-0.25, -0.2) is 18.5 Å². The van der Waals surface area contributed by atoms with Crippen molar-refractivity contribution in [3.63, 3.8) is 0 Å². The van der Waals surface area contributed by atoms with Gasteiger partial charge in [0.05, 0.1) is 36.3 Å². The van der Waals surface area contributed by atoms with Crippen LogP contribution in [-0.2, 0) is 16.6 Å². The Morgan fingerprint density at radius 1 is 1.03 bits per heavy atom. The Bertz CT molecular complexity index is 1330. The molecule has 0 fully saturated rings. The molecule has 0 saturated heterocycles. The molecule has 4 rings (SSSR count). The number of nitrogens with zero attached hydrogens (tertiary/aromatic N) is 3. The molecular formula is C20H20N4O4S. The third-order valence-electron chi connectivity index (χ3n) is 4.86. The van der Waals surface area contributed by atoms with Gasteiger partial charge in [0.2, 0.25) is 10.0 Å². The van der Waals surface area contributed by atoms with Gasteiger partial charge in [-0.2, -0.15) is 0 Å². The molecule has 0 unspecified atom stereocenters. The van der Waals surface area contributed by atoms with Crippen LogP contribution in [0.4, 0.5) is 0 Å². The minimum Gasteiger partial charge on any atom is -0.493 e. The van der Waals surface area contributed by atoms with Gasteiger partial charge in [-0.1, -0.05) is 12.1 Å². The van der Waals surface area contributed by atoms with Crippen LogP contribution in [0, 0.1) is 6.92 Å². The van der Waals surface area contributed by atoms with Crippen molar-refractivity contribution in [2.45, 2.75) is 18.4 Å². The fourth-order valence-corrected chi connectivity index (χ4v) is 3.93. The third-order valence-corrected chi connectivity index (χ3v) is 5.79. The Labute approximate surface area is 167 Å². The molecule has 2 aromatic heterocycles. The molecule has 4 aromatic rings. The number of fused-ring (bicyclic) bond motifs is 3. The maximum absolute atomic E-state index is 11.5. The lowest BCUT2D eigenvalue weighted by Gasteiger charge is -2.12. The number of pyridine rings is 1. The Kier molecular flexibility index (Phi) is 4.64. The molecule has 0 saturated carbocycles. The highest BCUT2D eigenvalue weighted by atomic mass is 32.2. The smallest absolute Gasteiger partial charge is 0.238 e. The summed E-state index contributed by atoms with van der Waals surface area (Å²) in [7, 11) is -0.545. The maximum Gasteiger partial charge on any atom is 0.238 e. The molecule has 2 N–H and O–H groups in total. The van der Waals surface area contributed by atoms with Crippen molar-refractivity contribution in [2.75, 3.05) is 14.2 Å². The Balaban J connectivity index is 1.87. The summed E-state index contributed by atoms with van der Waals surface area (Å²) in [5, 5.41) is 6.07. The maximum atomic E-state index is 11.5. The highest BCUT2D eigenvalue weighted by Crippen LogP contribution is 2.35. The van der Waals surface area contributed by atoms with Crippen molar-refractivity contribution in [2.24, 2.45) is 5.14 Å². The third kappa shape index (κ3) is 3.39. The van der Waals surface area contributed by atoms with Crippen LogP contribution in [0.25, 0.3) is 21.9 Å². The molecule has 0 spiro atoms. The minimum absolute atomic E-state index is 0.0833. The first-order valence-electron chi connectivity index (χ1n) is 8.81. The topological polar surface area (TPSA) is 109 Å². The van der Waals surface area contributed by atoms with Gasteiger partial charge in [0, 0.05) is 18.0 Å². The number of aromatic nitrogens is 3. The number of primary sulfonamides is 1. The zero-order valence-corrected chi connectivity index (χ0v) is 17.0. The number of hydrogen-bond acceptors (Lipinski definition) is 6. The van der Waals surface area contributed by atoms with Crippen LogP contribution in [0.15, 0.2) is 47.5 Å². The number of sulfonamides is 1. The van der Waals surface area contributed by atoms with Gasteiger partial charge in [0.25, 0.3) is 0 Å². The number of aryl methyl sites for hydroxylation is 1. The zero-order chi connectivity index (χ0) is 20.8. The van der Waals surface area contributed by atoms with Gasteiger partial charge < -0.3 is 14.0 Å². The average molecular weight is 412 g/mol. The highest BCUT2D eigenvalue weighted by molar-refractivity contribution is 7.89. The second kappa shape index (κ2) is 7.02. The molecule has 0 atom stereocenters. The Morgan fingerprint density at radius 2 is 1.69 bits per heavy atom. The first-order chi connectivity index (χ1) is 13.8. The van der Waals surface area contributed by atoms with Gasteiger partial charge in [-0.05, 0) is 30.7 Å². The monoisotopic (exact) mass is 412 g/mol. The fourth-order valence-electron chi connectivity index (χ4n) is 3.42. The molecule has 2 aromatic carbocycles. The number of imidazole rings is 1. The fraction of sp³-hybridized carbons (Fsp3) is 0.200. The Hall–Kier alpha value is -3.17. The quantitative estimate of drug-likeness (QED) is 0.540. The molecule has 0 aliphatic carbocycles. The van der Waals surface area contributed by atoms with E-state index in [0.717, 1.165) is 33.3 Å². The summed E-state index contributed by atoms with van der Waals surface area (Å²) in [6, 6.07) is 10.2. The van der Waals surface area contributed by atoms with E-state index in [0.29, 0.717) is 18.0 Å². The predicted octanol–water partition coefficient (Wildman–Crippen LogP) is 2.61. The molecule has 150 valence electrons. The van der Waals surface area contributed by atoms with Crippen LogP contribution in [-0.4, -0.2) is 37.2 Å². The summed E-state index contributed by atoms with van der Waals surface area (Å²) >= 11 is 0. The van der Waals surface area contributed by atoms with E-state index >= 15 is 0 Å². The van der Waals surface area contributed by atoms with E-state index in [1.54, 1.807) is 32.5 Å². The van der Waals surface area contributed by atoms with Crippen molar-refractivity contribution < 1.29 is 17.9 Å². The summed E-state index contributed by atoms with van der Waals surface area (Å²) in [5.74, 6) is 2.03. The van der Waals surface area contributed by atoms with Crippen LogP contribution >= 0.6 is 0 Å². The van der Waals surface area contributed by atoms with Gasteiger partial charge in [0.1, 0.15) is 11.3 Å². The van der Waals surface area contributed by atoms with E-state index in [1.807, 2.05) is 19.1 Å². The van der Waals surface area contributed by atoms with E-state index < -0.39 is 10.0 Å². The van der Waals surface area contributed by atoms with Crippen LogP contribution in [0.3, 0.4) is 0 Å². The van der Waals surface area contributed by atoms with Crippen LogP contribution in [0.5, 0.6) is 11.5 Å². The number of hydrogen-bond donors (Lipinski definition) is 1. The van der Waals surface area contributed by atoms with E-state index in [2.05, 4.69) is 14.5 Å². The lowest BCUT2D eigenvalue weighted by Crippen LogP contribution is -2.12. The molecule has 0 amide bonds. The van der Waals surface area contributed by atoms with Gasteiger partial charge in [0.15, 0.2) is 11.5 Å². The Morgan fingerprint density at radius 3 is 2.31 bits per heavy atom.